The standard InChI is InChI=1S/C15H12BrN3O4/c16-14-7-2-1-4-11(14)9-17-23-10-15(20)18-12-5-3-6-13(8-12)19(21)22/h1-9H,10H2,(H,18,20)/b17-9-. The fraction of sp³-hybridized carbons (Fsp3) is 0.0667. The molecule has 0 unspecified atom stereocenters. The van der Waals surface area contributed by atoms with Crippen LogP contribution >= 0.6 is 15.9 Å². The predicted octanol–water partition coefficient (Wildman–Crippen LogP) is 3.35. The molecule has 0 fully saturated rings. The number of nitro benzene ring substituents is 1. The van der Waals surface area contributed by atoms with Crippen molar-refractivity contribution in [1.82, 2.24) is 0 Å². The van der Waals surface area contributed by atoms with Gasteiger partial charge in [0.1, 0.15) is 0 Å². The van der Waals surface area contributed by atoms with Gasteiger partial charge in [-0.25, -0.2) is 0 Å². The Bertz CT molecular complexity index is 749. The molecule has 0 spiro atoms. The lowest BCUT2D eigenvalue weighted by atomic mass is 10.2. The number of halogens is 1. The lowest BCUT2D eigenvalue weighted by Crippen LogP contribution is -2.17. The van der Waals surface area contributed by atoms with Crippen LogP contribution in [0.2, 0.25) is 0 Å². The summed E-state index contributed by atoms with van der Waals surface area (Å²) in [6.07, 6.45) is 1.48. The van der Waals surface area contributed by atoms with Gasteiger partial charge in [0.25, 0.3) is 11.6 Å². The fourth-order valence-corrected chi connectivity index (χ4v) is 2.05. The number of carbonyl (C=O) groups excluding carboxylic acids is 1. The minimum atomic E-state index is -0.534. The van der Waals surface area contributed by atoms with Crippen molar-refractivity contribution in [3.8, 4) is 0 Å². The Morgan fingerprint density at radius 2 is 2.09 bits per heavy atom. The third kappa shape index (κ3) is 5.19. The number of benzene rings is 2. The zero-order valence-corrected chi connectivity index (χ0v) is 13.4. The molecule has 0 saturated carbocycles. The topological polar surface area (TPSA) is 93.8 Å². The zero-order valence-electron chi connectivity index (χ0n) is 11.8. The first-order valence-electron chi connectivity index (χ1n) is 6.50. The molecule has 0 aliphatic carbocycles. The first-order chi connectivity index (χ1) is 11.1. The highest BCUT2D eigenvalue weighted by Crippen LogP contribution is 2.17. The molecule has 0 radical (unpaired) electrons. The number of nitro groups is 1. The molecule has 0 aliphatic heterocycles. The molecular formula is C15H12BrN3O4. The summed E-state index contributed by atoms with van der Waals surface area (Å²) in [4.78, 5) is 26.7. The predicted molar refractivity (Wildman–Crippen MR) is 89.4 cm³/mol. The molecule has 0 heterocycles. The normalized spacial score (nSPS) is 10.5. The second-order valence-corrected chi connectivity index (χ2v) is 5.24. The highest BCUT2D eigenvalue weighted by Gasteiger charge is 2.08. The van der Waals surface area contributed by atoms with E-state index in [1.54, 1.807) is 6.07 Å². The largest absolute Gasteiger partial charge is 0.386 e. The van der Waals surface area contributed by atoms with Crippen molar-refractivity contribution in [2.75, 3.05) is 11.9 Å². The summed E-state index contributed by atoms with van der Waals surface area (Å²) >= 11 is 3.36. The van der Waals surface area contributed by atoms with Gasteiger partial charge >= 0.3 is 0 Å². The van der Waals surface area contributed by atoms with E-state index in [4.69, 9.17) is 4.84 Å². The van der Waals surface area contributed by atoms with Crippen LogP contribution in [-0.4, -0.2) is 23.7 Å². The second kappa shape index (κ2) is 8.04. The zero-order chi connectivity index (χ0) is 16.7. The Balaban J connectivity index is 1.85. The summed E-state index contributed by atoms with van der Waals surface area (Å²) in [5.41, 5.74) is 1.03. The Morgan fingerprint density at radius 3 is 2.83 bits per heavy atom. The van der Waals surface area contributed by atoms with Gasteiger partial charge in [-0.3, -0.25) is 14.9 Å². The molecule has 2 aromatic rings. The third-order valence-corrected chi connectivity index (χ3v) is 3.43. The van der Waals surface area contributed by atoms with E-state index in [2.05, 4.69) is 26.4 Å². The third-order valence-electron chi connectivity index (χ3n) is 2.71. The van der Waals surface area contributed by atoms with Crippen LogP contribution in [0, 0.1) is 10.1 Å². The van der Waals surface area contributed by atoms with E-state index in [0.29, 0.717) is 5.69 Å². The van der Waals surface area contributed by atoms with E-state index in [9.17, 15) is 14.9 Å². The summed E-state index contributed by atoms with van der Waals surface area (Å²) in [7, 11) is 0. The Labute approximate surface area is 140 Å². The number of carbonyl (C=O) groups is 1. The maximum absolute atomic E-state index is 11.7. The van der Waals surface area contributed by atoms with Gasteiger partial charge in [0.15, 0.2) is 6.61 Å². The molecular weight excluding hydrogens is 366 g/mol. The maximum atomic E-state index is 11.7. The lowest BCUT2D eigenvalue weighted by molar-refractivity contribution is -0.384. The van der Waals surface area contributed by atoms with E-state index >= 15 is 0 Å². The Hall–Kier alpha value is -2.74. The monoisotopic (exact) mass is 377 g/mol. The number of hydrogen-bond donors (Lipinski definition) is 1. The first kappa shape index (κ1) is 16.6. The number of rotatable bonds is 6. The van der Waals surface area contributed by atoms with Gasteiger partial charge in [-0.2, -0.15) is 0 Å². The van der Waals surface area contributed by atoms with Gasteiger partial charge in [0.05, 0.1) is 11.1 Å². The van der Waals surface area contributed by atoms with Crippen LogP contribution in [-0.2, 0) is 9.63 Å². The Kier molecular flexibility index (Phi) is 5.81. The van der Waals surface area contributed by atoms with Crippen molar-refractivity contribution in [3.63, 3.8) is 0 Å². The van der Waals surface area contributed by atoms with Crippen LogP contribution in [0.1, 0.15) is 5.56 Å². The smallest absolute Gasteiger partial charge is 0.271 e. The summed E-state index contributed by atoms with van der Waals surface area (Å²) in [5.74, 6) is -0.463. The lowest BCUT2D eigenvalue weighted by Gasteiger charge is -2.04. The van der Waals surface area contributed by atoms with Crippen LogP contribution < -0.4 is 5.32 Å². The molecule has 0 bridgehead atoms. The van der Waals surface area contributed by atoms with E-state index in [1.807, 2.05) is 24.3 Å². The molecule has 0 saturated heterocycles. The number of non-ortho nitro benzene ring substituents is 1. The molecule has 0 aliphatic rings. The van der Waals surface area contributed by atoms with Crippen LogP contribution in [0.15, 0.2) is 58.2 Å². The highest BCUT2D eigenvalue weighted by molar-refractivity contribution is 9.10. The summed E-state index contributed by atoms with van der Waals surface area (Å²) in [5, 5.41) is 16.9. The van der Waals surface area contributed by atoms with E-state index in [-0.39, 0.29) is 12.3 Å². The van der Waals surface area contributed by atoms with Crippen molar-refractivity contribution >= 4 is 39.4 Å². The molecule has 118 valence electrons. The number of hydrogen-bond acceptors (Lipinski definition) is 5. The number of nitrogens with zero attached hydrogens (tertiary/aromatic N) is 2. The summed E-state index contributed by atoms with van der Waals surface area (Å²) in [6.45, 7) is -0.302. The molecule has 8 heteroatoms. The second-order valence-electron chi connectivity index (χ2n) is 4.39. The number of nitrogens with one attached hydrogen (secondary N) is 1. The van der Waals surface area contributed by atoms with Gasteiger partial charge in [-0.15, -0.1) is 0 Å². The molecule has 7 nitrogen and oxygen atoms in total. The molecule has 2 aromatic carbocycles. The van der Waals surface area contributed by atoms with Crippen molar-refractivity contribution in [3.05, 3.63) is 68.7 Å². The molecule has 23 heavy (non-hydrogen) atoms. The summed E-state index contributed by atoms with van der Waals surface area (Å²) in [6, 6.07) is 13.1. The number of amides is 1. The van der Waals surface area contributed by atoms with Crippen LogP contribution in [0.25, 0.3) is 0 Å². The van der Waals surface area contributed by atoms with Crippen molar-refractivity contribution in [1.29, 1.82) is 0 Å². The molecule has 1 N–H and O–H groups in total. The van der Waals surface area contributed by atoms with Gasteiger partial charge in [-0.05, 0) is 12.1 Å². The average molecular weight is 378 g/mol. The fourth-order valence-electron chi connectivity index (χ4n) is 1.66. The first-order valence-corrected chi connectivity index (χ1v) is 7.30. The van der Waals surface area contributed by atoms with E-state index in [1.165, 1.54) is 24.4 Å². The minimum absolute atomic E-state index is 0.101. The van der Waals surface area contributed by atoms with Crippen molar-refractivity contribution in [2.24, 2.45) is 5.16 Å². The number of anilines is 1. The van der Waals surface area contributed by atoms with E-state index < -0.39 is 10.8 Å². The molecule has 0 atom stereocenters. The van der Waals surface area contributed by atoms with E-state index in [0.717, 1.165) is 10.0 Å². The van der Waals surface area contributed by atoms with Crippen LogP contribution in [0.3, 0.4) is 0 Å². The maximum Gasteiger partial charge on any atom is 0.271 e. The SMILES string of the molecule is O=C(CO/N=C\c1ccccc1Br)Nc1cccc([N+](=O)[O-])c1. The highest BCUT2D eigenvalue weighted by atomic mass is 79.9. The van der Waals surface area contributed by atoms with Gasteiger partial charge in [0, 0.05) is 27.9 Å². The Morgan fingerprint density at radius 1 is 1.30 bits per heavy atom. The quantitative estimate of drug-likeness (QED) is 0.474. The summed E-state index contributed by atoms with van der Waals surface area (Å²) < 4.78 is 0.855. The average Bonchev–Trinajstić information content (AvgIpc) is 2.53. The minimum Gasteiger partial charge on any atom is -0.386 e. The molecule has 1 amide bonds. The van der Waals surface area contributed by atoms with Gasteiger partial charge in [-0.1, -0.05) is 45.4 Å². The van der Waals surface area contributed by atoms with Crippen molar-refractivity contribution in [2.45, 2.75) is 0 Å². The van der Waals surface area contributed by atoms with Crippen LogP contribution in [0.4, 0.5) is 11.4 Å². The van der Waals surface area contributed by atoms with Crippen LogP contribution in [0.5, 0.6) is 0 Å². The van der Waals surface area contributed by atoms with Gasteiger partial charge in [0.2, 0.25) is 0 Å². The van der Waals surface area contributed by atoms with Crippen molar-refractivity contribution < 1.29 is 14.6 Å². The van der Waals surface area contributed by atoms with Gasteiger partial charge < -0.3 is 10.2 Å². The molecule has 2 rings (SSSR count). The number of oxime groups is 1. The molecule has 0 aromatic heterocycles.